The Kier molecular flexibility index (Phi) is 5.55. The number of hydrogen-bond donors (Lipinski definition) is 3. The SMILES string of the molecule is CC(C)C(CCO)NC(=O)Nc1cnn(-c2ccccc2)c1. The maximum absolute atomic E-state index is 12.0. The van der Waals surface area contributed by atoms with E-state index in [4.69, 9.17) is 5.11 Å². The van der Waals surface area contributed by atoms with Gasteiger partial charge in [0.15, 0.2) is 0 Å². The molecule has 0 saturated heterocycles. The Morgan fingerprint density at radius 3 is 2.68 bits per heavy atom. The second-order valence-electron chi connectivity index (χ2n) is 5.47. The average molecular weight is 302 g/mol. The van der Waals surface area contributed by atoms with E-state index in [0.29, 0.717) is 12.1 Å². The molecule has 2 rings (SSSR count). The highest BCUT2D eigenvalue weighted by atomic mass is 16.3. The van der Waals surface area contributed by atoms with Gasteiger partial charge in [-0.3, -0.25) is 0 Å². The van der Waals surface area contributed by atoms with Crippen molar-refractivity contribution in [1.29, 1.82) is 0 Å². The lowest BCUT2D eigenvalue weighted by Crippen LogP contribution is -2.41. The summed E-state index contributed by atoms with van der Waals surface area (Å²) in [5.41, 5.74) is 1.55. The average Bonchev–Trinajstić information content (AvgIpc) is 2.96. The molecule has 1 aromatic carbocycles. The van der Waals surface area contributed by atoms with E-state index in [1.165, 1.54) is 0 Å². The van der Waals surface area contributed by atoms with Gasteiger partial charge in [0.1, 0.15) is 0 Å². The van der Waals surface area contributed by atoms with Crippen LogP contribution in [-0.4, -0.2) is 33.6 Å². The molecule has 22 heavy (non-hydrogen) atoms. The minimum absolute atomic E-state index is 0.0507. The van der Waals surface area contributed by atoms with Crippen LogP contribution in [0.2, 0.25) is 0 Å². The van der Waals surface area contributed by atoms with Crippen LogP contribution >= 0.6 is 0 Å². The molecule has 0 fully saturated rings. The number of carbonyl (C=O) groups is 1. The summed E-state index contributed by atoms with van der Waals surface area (Å²) in [6.07, 6.45) is 3.89. The van der Waals surface area contributed by atoms with Crippen LogP contribution in [0.15, 0.2) is 42.7 Å². The van der Waals surface area contributed by atoms with Gasteiger partial charge in [0.2, 0.25) is 0 Å². The lowest BCUT2D eigenvalue weighted by atomic mass is 10.0. The normalized spacial score (nSPS) is 12.2. The third-order valence-corrected chi connectivity index (χ3v) is 3.42. The molecule has 0 radical (unpaired) electrons. The number of nitrogens with zero attached hydrogens (tertiary/aromatic N) is 2. The summed E-state index contributed by atoms with van der Waals surface area (Å²) in [7, 11) is 0. The van der Waals surface area contributed by atoms with Crippen molar-refractivity contribution in [3.63, 3.8) is 0 Å². The summed E-state index contributed by atoms with van der Waals surface area (Å²) in [5, 5.41) is 18.9. The molecule has 1 aromatic heterocycles. The number of aliphatic hydroxyl groups excluding tert-OH is 1. The second kappa shape index (κ2) is 7.61. The van der Waals surface area contributed by atoms with E-state index >= 15 is 0 Å². The van der Waals surface area contributed by atoms with Crippen molar-refractivity contribution < 1.29 is 9.90 Å². The minimum Gasteiger partial charge on any atom is -0.396 e. The van der Waals surface area contributed by atoms with Crippen LogP contribution in [0.3, 0.4) is 0 Å². The maximum atomic E-state index is 12.0. The molecule has 2 aromatic rings. The van der Waals surface area contributed by atoms with Crippen molar-refractivity contribution in [3.8, 4) is 5.69 Å². The summed E-state index contributed by atoms with van der Waals surface area (Å²) >= 11 is 0. The van der Waals surface area contributed by atoms with Crippen molar-refractivity contribution in [2.75, 3.05) is 11.9 Å². The van der Waals surface area contributed by atoms with E-state index in [9.17, 15) is 4.79 Å². The molecular weight excluding hydrogens is 280 g/mol. The molecule has 6 heteroatoms. The second-order valence-corrected chi connectivity index (χ2v) is 5.47. The Hall–Kier alpha value is -2.34. The van der Waals surface area contributed by atoms with E-state index < -0.39 is 0 Å². The van der Waals surface area contributed by atoms with Crippen molar-refractivity contribution in [2.24, 2.45) is 5.92 Å². The number of rotatable bonds is 6. The Balaban J connectivity index is 1.96. The van der Waals surface area contributed by atoms with Crippen LogP contribution in [-0.2, 0) is 0 Å². The van der Waals surface area contributed by atoms with Gasteiger partial charge in [-0.1, -0.05) is 32.0 Å². The first kappa shape index (κ1) is 16.0. The number of para-hydroxylation sites is 1. The smallest absolute Gasteiger partial charge is 0.319 e. The molecule has 2 amide bonds. The summed E-state index contributed by atoms with van der Waals surface area (Å²) in [5.74, 6) is 0.255. The maximum Gasteiger partial charge on any atom is 0.319 e. The van der Waals surface area contributed by atoms with Crippen LogP contribution in [0.5, 0.6) is 0 Å². The number of amides is 2. The number of hydrogen-bond acceptors (Lipinski definition) is 3. The molecule has 0 spiro atoms. The Labute approximate surface area is 130 Å². The van der Waals surface area contributed by atoms with Gasteiger partial charge < -0.3 is 15.7 Å². The first-order valence-corrected chi connectivity index (χ1v) is 7.38. The molecule has 0 saturated carbocycles. The summed E-state index contributed by atoms with van der Waals surface area (Å²) < 4.78 is 1.70. The fourth-order valence-corrected chi connectivity index (χ4v) is 2.16. The van der Waals surface area contributed by atoms with Crippen molar-refractivity contribution in [1.82, 2.24) is 15.1 Å². The van der Waals surface area contributed by atoms with Crippen molar-refractivity contribution in [2.45, 2.75) is 26.3 Å². The fraction of sp³-hybridized carbons (Fsp3) is 0.375. The molecule has 0 aliphatic carbocycles. The first-order valence-electron chi connectivity index (χ1n) is 7.38. The minimum atomic E-state index is -0.292. The summed E-state index contributed by atoms with van der Waals surface area (Å²) in [4.78, 5) is 12.0. The zero-order valence-corrected chi connectivity index (χ0v) is 12.9. The van der Waals surface area contributed by atoms with Crippen LogP contribution in [0.4, 0.5) is 10.5 Å². The van der Waals surface area contributed by atoms with E-state index in [-0.39, 0.29) is 24.6 Å². The number of aromatic nitrogens is 2. The number of carbonyl (C=O) groups excluding carboxylic acids is 1. The molecule has 1 heterocycles. The van der Waals surface area contributed by atoms with Crippen LogP contribution < -0.4 is 10.6 Å². The Bertz CT molecular complexity index is 595. The lowest BCUT2D eigenvalue weighted by Gasteiger charge is -2.21. The molecule has 0 aliphatic rings. The third-order valence-electron chi connectivity index (χ3n) is 3.42. The molecule has 1 atom stereocenters. The number of aliphatic hydroxyl groups is 1. The molecule has 6 nitrogen and oxygen atoms in total. The topological polar surface area (TPSA) is 79.2 Å². The number of nitrogens with one attached hydrogen (secondary N) is 2. The van der Waals surface area contributed by atoms with Gasteiger partial charge >= 0.3 is 6.03 Å². The highest BCUT2D eigenvalue weighted by Gasteiger charge is 2.15. The monoisotopic (exact) mass is 302 g/mol. The highest BCUT2D eigenvalue weighted by molar-refractivity contribution is 5.89. The molecule has 0 aliphatic heterocycles. The van der Waals surface area contributed by atoms with E-state index in [1.54, 1.807) is 17.1 Å². The van der Waals surface area contributed by atoms with Crippen molar-refractivity contribution in [3.05, 3.63) is 42.7 Å². The molecule has 3 N–H and O–H groups in total. The Morgan fingerprint density at radius 2 is 2.05 bits per heavy atom. The van der Waals surface area contributed by atoms with Gasteiger partial charge in [0.05, 0.1) is 23.8 Å². The molecule has 0 bridgehead atoms. The van der Waals surface area contributed by atoms with Crippen LogP contribution in [0.1, 0.15) is 20.3 Å². The van der Waals surface area contributed by atoms with Crippen LogP contribution in [0.25, 0.3) is 5.69 Å². The number of urea groups is 1. The van der Waals surface area contributed by atoms with Gasteiger partial charge in [-0.15, -0.1) is 0 Å². The Morgan fingerprint density at radius 1 is 1.32 bits per heavy atom. The standard InChI is InChI=1S/C16H22N4O2/c1-12(2)15(8-9-21)19-16(22)18-13-10-17-20(11-13)14-6-4-3-5-7-14/h3-7,10-12,15,21H,8-9H2,1-2H3,(H2,18,19,22). The molecule has 118 valence electrons. The predicted octanol–water partition coefficient (Wildman–Crippen LogP) is 2.40. The third kappa shape index (κ3) is 4.33. The fourth-order valence-electron chi connectivity index (χ4n) is 2.16. The number of anilines is 1. The first-order chi connectivity index (χ1) is 10.6. The van der Waals surface area contributed by atoms with Gasteiger partial charge in [-0.05, 0) is 24.5 Å². The van der Waals surface area contributed by atoms with Gasteiger partial charge in [0.25, 0.3) is 0 Å². The molecule has 1 unspecified atom stereocenters. The lowest BCUT2D eigenvalue weighted by molar-refractivity contribution is 0.227. The quantitative estimate of drug-likeness (QED) is 0.766. The van der Waals surface area contributed by atoms with Crippen LogP contribution in [0, 0.1) is 5.92 Å². The van der Waals surface area contributed by atoms with Gasteiger partial charge in [-0.2, -0.15) is 5.10 Å². The highest BCUT2D eigenvalue weighted by Crippen LogP contribution is 2.12. The van der Waals surface area contributed by atoms with E-state index in [0.717, 1.165) is 5.69 Å². The largest absolute Gasteiger partial charge is 0.396 e. The van der Waals surface area contributed by atoms with Gasteiger partial charge in [0, 0.05) is 12.6 Å². The summed E-state index contributed by atoms with van der Waals surface area (Å²) in [6, 6.07) is 9.32. The van der Waals surface area contributed by atoms with E-state index in [1.807, 2.05) is 44.2 Å². The van der Waals surface area contributed by atoms with Crippen molar-refractivity contribution >= 4 is 11.7 Å². The van der Waals surface area contributed by atoms with E-state index in [2.05, 4.69) is 15.7 Å². The number of benzene rings is 1. The molecular formula is C16H22N4O2. The zero-order valence-electron chi connectivity index (χ0n) is 12.9. The van der Waals surface area contributed by atoms with Gasteiger partial charge in [-0.25, -0.2) is 9.48 Å². The zero-order chi connectivity index (χ0) is 15.9. The summed E-state index contributed by atoms with van der Waals surface area (Å²) in [6.45, 7) is 4.07. The predicted molar refractivity (Wildman–Crippen MR) is 86.0 cm³/mol.